The Kier molecular flexibility index (Phi) is 5.03. The lowest BCUT2D eigenvalue weighted by molar-refractivity contribution is 0.102. The van der Waals surface area contributed by atoms with E-state index in [2.05, 4.69) is 15.6 Å². The van der Waals surface area contributed by atoms with Gasteiger partial charge in [-0.2, -0.15) is 0 Å². The van der Waals surface area contributed by atoms with Crippen molar-refractivity contribution >= 4 is 17.3 Å². The minimum Gasteiger partial charge on any atom is -0.381 e. The topological polar surface area (TPSA) is 54.0 Å². The van der Waals surface area contributed by atoms with Crippen LogP contribution in [0, 0.1) is 11.6 Å². The third-order valence-corrected chi connectivity index (χ3v) is 4.15. The van der Waals surface area contributed by atoms with Crippen molar-refractivity contribution in [2.75, 3.05) is 10.6 Å². The number of nitrogens with one attached hydrogen (secondary N) is 2. The zero-order chi connectivity index (χ0) is 16.9. The zero-order valence-corrected chi connectivity index (χ0v) is 13.2. The van der Waals surface area contributed by atoms with E-state index in [-0.39, 0.29) is 11.4 Å². The molecule has 1 saturated carbocycles. The molecule has 2 aromatic rings. The Morgan fingerprint density at radius 1 is 1.00 bits per heavy atom. The highest BCUT2D eigenvalue weighted by atomic mass is 19.2. The van der Waals surface area contributed by atoms with Gasteiger partial charge in [0.1, 0.15) is 5.69 Å². The summed E-state index contributed by atoms with van der Waals surface area (Å²) in [5, 5.41) is 5.92. The smallest absolute Gasteiger partial charge is 0.274 e. The molecule has 1 aromatic heterocycles. The molecule has 126 valence electrons. The van der Waals surface area contributed by atoms with Crippen LogP contribution in [-0.4, -0.2) is 16.9 Å². The maximum Gasteiger partial charge on any atom is 0.274 e. The fourth-order valence-electron chi connectivity index (χ4n) is 2.87. The van der Waals surface area contributed by atoms with E-state index < -0.39 is 17.5 Å². The Morgan fingerprint density at radius 2 is 1.75 bits per heavy atom. The fourth-order valence-corrected chi connectivity index (χ4v) is 2.87. The first-order chi connectivity index (χ1) is 11.6. The second kappa shape index (κ2) is 7.38. The lowest BCUT2D eigenvalue weighted by atomic mass is 9.95. The summed E-state index contributed by atoms with van der Waals surface area (Å²) in [7, 11) is 0. The maximum atomic E-state index is 13.2. The van der Waals surface area contributed by atoms with E-state index >= 15 is 0 Å². The number of halogens is 2. The summed E-state index contributed by atoms with van der Waals surface area (Å²) in [5.41, 5.74) is 1.28. The van der Waals surface area contributed by atoms with Gasteiger partial charge in [0.05, 0.1) is 11.9 Å². The van der Waals surface area contributed by atoms with Crippen LogP contribution in [0.25, 0.3) is 0 Å². The molecule has 24 heavy (non-hydrogen) atoms. The summed E-state index contributed by atoms with van der Waals surface area (Å²) in [6, 6.07) is 7.08. The molecular formula is C18H19F2N3O. The van der Waals surface area contributed by atoms with Crippen molar-refractivity contribution in [2.45, 2.75) is 38.1 Å². The highest BCUT2D eigenvalue weighted by Crippen LogP contribution is 2.21. The Labute approximate surface area is 139 Å². The maximum absolute atomic E-state index is 13.2. The Balaban J connectivity index is 1.61. The number of anilines is 2. The number of hydrogen-bond acceptors (Lipinski definition) is 3. The van der Waals surface area contributed by atoms with Crippen molar-refractivity contribution in [3.63, 3.8) is 0 Å². The number of hydrogen-bond donors (Lipinski definition) is 2. The van der Waals surface area contributed by atoms with Gasteiger partial charge in [0, 0.05) is 17.8 Å². The predicted octanol–water partition coefficient (Wildman–Crippen LogP) is 4.36. The number of rotatable bonds is 4. The van der Waals surface area contributed by atoms with Crippen LogP contribution in [0.3, 0.4) is 0 Å². The van der Waals surface area contributed by atoms with Gasteiger partial charge in [-0.3, -0.25) is 4.79 Å². The standard InChI is InChI=1S/C18H19F2N3O/c19-15-8-6-13(10-16(15)20)23-18(24)17-9-7-14(11-21-17)22-12-4-2-1-3-5-12/h6-12,22H,1-5H2,(H,23,24). The van der Waals surface area contributed by atoms with Gasteiger partial charge in [-0.25, -0.2) is 13.8 Å². The summed E-state index contributed by atoms with van der Waals surface area (Å²) >= 11 is 0. The summed E-state index contributed by atoms with van der Waals surface area (Å²) < 4.78 is 26.0. The lowest BCUT2D eigenvalue weighted by Gasteiger charge is -2.23. The highest BCUT2D eigenvalue weighted by molar-refractivity contribution is 6.02. The minimum atomic E-state index is -1.01. The first kappa shape index (κ1) is 16.4. The number of aromatic nitrogens is 1. The molecule has 1 heterocycles. The Hall–Kier alpha value is -2.50. The van der Waals surface area contributed by atoms with Gasteiger partial charge < -0.3 is 10.6 Å². The summed E-state index contributed by atoms with van der Waals surface area (Å²) in [6.45, 7) is 0. The number of nitrogens with zero attached hydrogens (tertiary/aromatic N) is 1. The van der Waals surface area contributed by atoms with Crippen LogP contribution < -0.4 is 10.6 Å². The van der Waals surface area contributed by atoms with Gasteiger partial charge >= 0.3 is 0 Å². The van der Waals surface area contributed by atoms with Crippen LogP contribution in [0.2, 0.25) is 0 Å². The van der Waals surface area contributed by atoms with E-state index in [9.17, 15) is 13.6 Å². The second-order valence-electron chi connectivity index (χ2n) is 5.99. The lowest BCUT2D eigenvalue weighted by Crippen LogP contribution is -2.22. The molecule has 1 aliphatic rings. The highest BCUT2D eigenvalue weighted by Gasteiger charge is 2.14. The minimum absolute atomic E-state index is 0.185. The molecular weight excluding hydrogens is 312 g/mol. The summed E-state index contributed by atoms with van der Waals surface area (Å²) in [5.74, 6) is -2.43. The molecule has 1 amide bonds. The van der Waals surface area contributed by atoms with E-state index in [0.717, 1.165) is 30.7 Å². The molecule has 2 N–H and O–H groups in total. The first-order valence-corrected chi connectivity index (χ1v) is 8.11. The quantitative estimate of drug-likeness (QED) is 0.875. The van der Waals surface area contributed by atoms with E-state index in [0.29, 0.717) is 6.04 Å². The third-order valence-electron chi connectivity index (χ3n) is 4.15. The summed E-state index contributed by atoms with van der Waals surface area (Å²) in [6.07, 6.45) is 7.69. The molecule has 1 aromatic carbocycles. The molecule has 1 fully saturated rings. The van der Waals surface area contributed by atoms with E-state index in [1.165, 1.54) is 25.3 Å². The molecule has 0 bridgehead atoms. The van der Waals surface area contributed by atoms with Gasteiger partial charge in [0.2, 0.25) is 0 Å². The van der Waals surface area contributed by atoms with Gasteiger partial charge in [-0.15, -0.1) is 0 Å². The molecule has 4 nitrogen and oxygen atoms in total. The van der Waals surface area contributed by atoms with Crippen molar-refractivity contribution in [1.82, 2.24) is 4.98 Å². The fraction of sp³-hybridized carbons (Fsp3) is 0.333. The second-order valence-corrected chi connectivity index (χ2v) is 5.99. The van der Waals surface area contributed by atoms with Crippen LogP contribution >= 0.6 is 0 Å². The van der Waals surface area contributed by atoms with Crippen molar-refractivity contribution in [2.24, 2.45) is 0 Å². The van der Waals surface area contributed by atoms with Crippen molar-refractivity contribution in [3.8, 4) is 0 Å². The molecule has 0 unspecified atom stereocenters. The van der Waals surface area contributed by atoms with Crippen LogP contribution in [0.1, 0.15) is 42.6 Å². The molecule has 1 aliphatic carbocycles. The van der Waals surface area contributed by atoms with Crippen molar-refractivity contribution in [1.29, 1.82) is 0 Å². The molecule has 6 heteroatoms. The molecule has 3 rings (SSSR count). The monoisotopic (exact) mass is 331 g/mol. The van der Waals surface area contributed by atoms with Crippen LogP contribution in [0.5, 0.6) is 0 Å². The van der Waals surface area contributed by atoms with Crippen molar-refractivity contribution < 1.29 is 13.6 Å². The molecule has 0 aliphatic heterocycles. The zero-order valence-electron chi connectivity index (χ0n) is 13.2. The molecule has 0 atom stereocenters. The Bertz CT molecular complexity index is 713. The molecule has 0 spiro atoms. The predicted molar refractivity (Wildman–Crippen MR) is 89.0 cm³/mol. The van der Waals surface area contributed by atoms with E-state index in [4.69, 9.17) is 0 Å². The average molecular weight is 331 g/mol. The third kappa shape index (κ3) is 4.07. The number of benzene rings is 1. The van der Waals surface area contributed by atoms with E-state index in [1.807, 2.05) is 6.07 Å². The van der Waals surface area contributed by atoms with Gasteiger partial charge in [-0.05, 0) is 37.1 Å². The van der Waals surface area contributed by atoms with Gasteiger partial charge in [-0.1, -0.05) is 19.3 Å². The van der Waals surface area contributed by atoms with Crippen molar-refractivity contribution in [3.05, 3.63) is 53.9 Å². The Morgan fingerprint density at radius 3 is 2.42 bits per heavy atom. The van der Waals surface area contributed by atoms with Gasteiger partial charge in [0.15, 0.2) is 11.6 Å². The first-order valence-electron chi connectivity index (χ1n) is 8.11. The van der Waals surface area contributed by atoms with Crippen LogP contribution in [0.15, 0.2) is 36.5 Å². The van der Waals surface area contributed by atoms with E-state index in [1.54, 1.807) is 12.3 Å². The van der Waals surface area contributed by atoms with Gasteiger partial charge in [0.25, 0.3) is 5.91 Å². The van der Waals surface area contributed by atoms with Crippen LogP contribution in [0.4, 0.5) is 20.2 Å². The normalized spacial score (nSPS) is 15.1. The SMILES string of the molecule is O=C(Nc1ccc(F)c(F)c1)c1ccc(NC2CCCCC2)cn1. The number of amides is 1. The number of carbonyl (C=O) groups is 1. The largest absolute Gasteiger partial charge is 0.381 e. The molecule has 0 saturated heterocycles. The summed E-state index contributed by atoms with van der Waals surface area (Å²) in [4.78, 5) is 16.2. The molecule has 0 radical (unpaired) electrons. The van der Waals surface area contributed by atoms with Crippen LogP contribution in [-0.2, 0) is 0 Å². The average Bonchev–Trinajstić information content (AvgIpc) is 2.60. The number of carbonyl (C=O) groups excluding carboxylic acids is 1. The number of pyridine rings is 1.